The first-order chi connectivity index (χ1) is 10.2. The van der Waals surface area contributed by atoms with E-state index in [-0.39, 0.29) is 10.6 Å². The van der Waals surface area contributed by atoms with Gasteiger partial charge in [0, 0.05) is 18.7 Å². The number of benzene rings is 1. The molecule has 6 heteroatoms. The number of hydrogen-bond acceptors (Lipinski definition) is 3. The van der Waals surface area contributed by atoms with Crippen molar-refractivity contribution in [2.45, 2.75) is 45.2 Å². The molecule has 0 amide bonds. The number of hydrogen-bond donors (Lipinski definition) is 2. The largest absolute Gasteiger partial charge is 0.357 e. The second-order valence-electron chi connectivity index (χ2n) is 5.21. The number of aliphatic imine (C=N–C) groups is 1. The van der Waals surface area contributed by atoms with Gasteiger partial charge in [-0.15, -0.1) is 0 Å². The van der Waals surface area contributed by atoms with Crippen LogP contribution in [0.5, 0.6) is 0 Å². The van der Waals surface area contributed by atoms with Crippen LogP contribution in [0.2, 0.25) is 0 Å². The molecule has 0 bridgehead atoms. The third kappa shape index (κ3) is 4.44. The van der Waals surface area contributed by atoms with E-state index in [0.717, 1.165) is 25.3 Å². The first kappa shape index (κ1) is 15.3. The Hall–Kier alpha value is -2.11. The van der Waals surface area contributed by atoms with Crippen LogP contribution in [0, 0.1) is 10.1 Å². The zero-order valence-corrected chi connectivity index (χ0v) is 12.3. The Morgan fingerprint density at radius 1 is 1.38 bits per heavy atom. The normalized spacial score (nSPS) is 16.0. The lowest BCUT2D eigenvalue weighted by atomic mass is 10.2. The minimum atomic E-state index is -0.359. The lowest BCUT2D eigenvalue weighted by molar-refractivity contribution is -0.385. The molecule has 1 aromatic rings. The fourth-order valence-electron chi connectivity index (χ4n) is 2.57. The maximum Gasteiger partial charge on any atom is 0.274 e. The summed E-state index contributed by atoms with van der Waals surface area (Å²) < 4.78 is 0. The van der Waals surface area contributed by atoms with Crippen LogP contribution in [-0.4, -0.2) is 23.5 Å². The summed E-state index contributed by atoms with van der Waals surface area (Å²) in [5.41, 5.74) is 0.754. The molecule has 0 aromatic heterocycles. The summed E-state index contributed by atoms with van der Waals surface area (Å²) in [6.45, 7) is 3.09. The minimum Gasteiger partial charge on any atom is -0.357 e. The van der Waals surface area contributed by atoms with Crippen molar-refractivity contribution in [2.75, 3.05) is 6.54 Å². The summed E-state index contributed by atoms with van der Waals surface area (Å²) in [4.78, 5) is 15.1. The Bertz CT molecular complexity index is 510. The second-order valence-corrected chi connectivity index (χ2v) is 5.21. The molecule has 1 fully saturated rings. The lowest BCUT2D eigenvalue weighted by Gasteiger charge is -2.16. The molecule has 0 radical (unpaired) electrons. The molecule has 0 heterocycles. The topological polar surface area (TPSA) is 79.6 Å². The Balaban J connectivity index is 2.06. The van der Waals surface area contributed by atoms with Gasteiger partial charge >= 0.3 is 0 Å². The van der Waals surface area contributed by atoms with Gasteiger partial charge in [-0.3, -0.25) is 10.1 Å². The number of para-hydroxylation sites is 1. The smallest absolute Gasteiger partial charge is 0.274 e. The molecule has 1 saturated carbocycles. The van der Waals surface area contributed by atoms with Crippen molar-refractivity contribution in [3.63, 3.8) is 0 Å². The highest BCUT2D eigenvalue weighted by Gasteiger charge is 2.16. The molecule has 0 spiro atoms. The summed E-state index contributed by atoms with van der Waals surface area (Å²) in [5.74, 6) is 0.738. The van der Waals surface area contributed by atoms with Gasteiger partial charge in [-0.1, -0.05) is 31.0 Å². The van der Waals surface area contributed by atoms with Crippen LogP contribution in [0.4, 0.5) is 5.69 Å². The molecular weight excluding hydrogens is 268 g/mol. The van der Waals surface area contributed by atoms with Crippen LogP contribution in [0.3, 0.4) is 0 Å². The van der Waals surface area contributed by atoms with Crippen molar-refractivity contribution in [2.24, 2.45) is 4.99 Å². The molecule has 0 unspecified atom stereocenters. The van der Waals surface area contributed by atoms with Gasteiger partial charge in [-0.05, 0) is 19.8 Å². The molecule has 21 heavy (non-hydrogen) atoms. The van der Waals surface area contributed by atoms with E-state index in [1.807, 2.05) is 6.92 Å². The van der Waals surface area contributed by atoms with Crippen LogP contribution in [-0.2, 0) is 6.54 Å². The zero-order valence-electron chi connectivity index (χ0n) is 12.3. The van der Waals surface area contributed by atoms with Gasteiger partial charge < -0.3 is 10.6 Å². The number of nitro groups is 1. The predicted octanol–water partition coefficient (Wildman–Crippen LogP) is 2.59. The first-order valence-electron chi connectivity index (χ1n) is 7.48. The van der Waals surface area contributed by atoms with Crippen LogP contribution in [0.15, 0.2) is 29.3 Å². The van der Waals surface area contributed by atoms with E-state index in [0.29, 0.717) is 18.2 Å². The molecular formula is C15H22N4O2. The predicted molar refractivity (Wildman–Crippen MR) is 83.3 cm³/mol. The fourth-order valence-corrected chi connectivity index (χ4v) is 2.57. The molecule has 0 atom stereocenters. The number of guanidine groups is 1. The fraction of sp³-hybridized carbons (Fsp3) is 0.533. The summed E-state index contributed by atoms with van der Waals surface area (Å²) in [6.07, 6.45) is 4.83. The van der Waals surface area contributed by atoms with Gasteiger partial charge in [0.05, 0.1) is 17.0 Å². The van der Waals surface area contributed by atoms with E-state index in [1.165, 1.54) is 18.9 Å². The quantitative estimate of drug-likeness (QED) is 0.378. The molecule has 0 aliphatic heterocycles. The molecule has 1 aliphatic carbocycles. The number of nitrogens with zero attached hydrogens (tertiary/aromatic N) is 2. The van der Waals surface area contributed by atoms with E-state index in [9.17, 15) is 10.1 Å². The number of nitro benzene ring substituents is 1. The van der Waals surface area contributed by atoms with Gasteiger partial charge in [0.15, 0.2) is 5.96 Å². The molecule has 1 aliphatic rings. The second kappa shape index (κ2) is 7.61. The van der Waals surface area contributed by atoms with Crippen molar-refractivity contribution < 1.29 is 4.92 Å². The van der Waals surface area contributed by atoms with Crippen LogP contribution >= 0.6 is 0 Å². The third-order valence-electron chi connectivity index (χ3n) is 3.64. The average Bonchev–Trinajstić information content (AvgIpc) is 2.98. The molecule has 6 nitrogen and oxygen atoms in total. The Labute approximate surface area is 124 Å². The van der Waals surface area contributed by atoms with Crippen LogP contribution in [0.1, 0.15) is 38.2 Å². The van der Waals surface area contributed by atoms with E-state index < -0.39 is 0 Å². The highest BCUT2D eigenvalue weighted by molar-refractivity contribution is 5.80. The number of rotatable bonds is 5. The lowest BCUT2D eigenvalue weighted by Crippen LogP contribution is -2.42. The highest BCUT2D eigenvalue weighted by atomic mass is 16.6. The third-order valence-corrected chi connectivity index (χ3v) is 3.64. The standard InChI is InChI=1S/C15H22N4O2/c1-2-16-15(18-13-8-4-5-9-13)17-11-12-7-3-6-10-14(12)19(20)21/h3,6-7,10,13H,2,4-5,8-9,11H2,1H3,(H2,16,17,18). The SMILES string of the molecule is CCNC(=NCc1ccccc1[N+](=O)[O-])NC1CCCC1. The molecule has 114 valence electrons. The van der Waals surface area contributed by atoms with E-state index in [4.69, 9.17) is 0 Å². The van der Waals surface area contributed by atoms with Gasteiger partial charge in [-0.25, -0.2) is 4.99 Å². The van der Waals surface area contributed by atoms with Crippen molar-refractivity contribution in [1.29, 1.82) is 0 Å². The van der Waals surface area contributed by atoms with Crippen molar-refractivity contribution in [1.82, 2.24) is 10.6 Å². The Morgan fingerprint density at radius 2 is 2.10 bits per heavy atom. The maximum atomic E-state index is 11.0. The van der Waals surface area contributed by atoms with E-state index in [2.05, 4.69) is 15.6 Å². The van der Waals surface area contributed by atoms with Gasteiger partial charge in [-0.2, -0.15) is 0 Å². The summed E-state index contributed by atoms with van der Waals surface area (Å²) in [5, 5.41) is 17.6. The average molecular weight is 290 g/mol. The molecule has 0 saturated heterocycles. The Morgan fingerprint density at radius 3 is 2.76 bits per heavy atom. The zero-order chi connectivity index (χ0) is 15.1. The maximum absolute atomic E-state index is 11.0. The first-order valence-corrected chi connectivity index (χ1v) is 7.48. The van der Waals surface area contributed by atoms with Gasteiger partial charge in [0.25, 0.3) is 5.69 Å². The monoisotopic (exact) mass is 290 g/mol. The van der Waals surface area contributed by atoms with Crippen molar-refractivity contribution >= 4 is 11.6 Å². The highest BCUT2D eigenvalue weighted by Crippen LogP contribution is 2.19. The summed E-state index contributed by atoms with van der Waals surface area (Å²) in [6, 6.07) is 7.21. The molecule has 1 aromatic carbocycles. The van der Waals surface area contributed by atoms with E-state index >= 15 is 0 Å². The Kier molecular flexibility index (Phi) is 5.54. The van der Waals surface area contributed by atoms with Crippen molar-refractivity contribution in [3.05, 3.63) is 39.9 Å². The minimum absolute atomic E-state index is 0.123. The van der Waals surface area contributed by atoms with Crippen molar-refractivity contribution in [3.8, 4) is 0 Å². The summed E-state index contributed by atoms with van der Waals surface area (Å²) in [7, 11) is 0. The van der Waals surface area contributed by atoms with E-state index in [1.54, 1.807) is 18.2 Å². The van der Waals surface area contributed by atoms with Crippen LogP contribution in [0.25, 0.3) is 0 Å². The molecule has 2 rings (SSSR count). The molecule has 2 N–H and O–H groups in total. The number of nitrogens with one attached hydrogen (secondary N) is 2. The van der Waals surface area contributed by atoms with Gasteiger partial charge in [0.1, 0.15) is 0 Å². The summed E-state index contributed by atoms with van der Waals surface area (Å²) >= 11 is 0. The van der Waals surface area contributed by atoms with Gasteiger partial charge in [0.2, 0.25) is 0 Å². The van der Waals surface area contributed by atoms with Crippen LogP contribution < -0.4 is 10.6 Å².